The summed E-state index contributed by atoms with van der Waals surface area (Å²) < 4.78 is 22.1. The van der Waals surface area contributed by atoms with Gasteiger partial charge in [0.05, 0.1) is 9.82 Å². The molecular formula is C9H6ClNO4S. The van der Waals surface area contributed by atoms with Crippen LogP contribution in [0, 0.1) is 22.0 Å². The van der Waals surface area contributed by atoms with Gasteiger partial charge in [0.25, 0.3) is 14.7 Å². The van der Waals surface area contributed by atoms with Gasteiger partial charge in [-0.25, -0.2) is 8.42 Å². The van der Waals surface area contributed by atoms with Gasteiger partial charge in [-0.2, -0.15) is 0 Å². The molecule has 0 bridgehead atoms. The number of non-ortho nitro benzene ring substituents is 1. The van der Waals surface area contributed by atoms with Crippen LogP contribution in [0.2, 0.25) is 0 Å². The van der Waals surface area contributed by atoms with Crippen LogP contribution in [0.3, 0.4) is 0 Å². The molecule has 0 amide bonds. The van der Waals surface area contributed by atoms with Crippen molar-refractivity contribution in [2.75, 3.05) is 0 Å². The molecule has 0 N–H and O–H groups in total. The number of nitro groups is 1. The maximum atomic E-state index is 11.1. The molecule has 7 heteroatoms. The third kappa shape index (κ3) is 2.95. The van der Waals surface area contributed by atoms with Crippen LogP contribution in [0.1, 0.15) is 12.5 Å². The van der Waals surface area contributed by atoms with Gasteiger partial charge in [0.2, 0.25) is 0 Å². The highest BCUT2D eigenvalue weighted by Gasteiger charge is 2.16. The van der Waals surface area contributed by atoms with Gasteiger partial charge in [0.1, 0.15) is 0 Å². The van der Waals surface area contributed by atoms with Gasteiger partial charge in [-0.1, -0.05) is 5.92 Å². The van der Waals surface area contributed by atoms with Crippen molar-refractivity contribution in [1.29, 1.82) is 0 Å². The summed E-state index contributed by atoms with van der Waals surface area (Å²) in [5.74, 6) is 5.06. The zero-order valence-electron chi connectivity index (χ0n) is 8.10. The number of rotatable bonds is 2. The fourth-order valence-electron chi connectivity index (χ4n) is 1.05. The van der Waals surface area contributed by atoms with Crippen molar-refractivity contribution in [3.8, 4) is 11.8 Å². The number of benzene rings is 1. The normalized spacial score (nSPS) is 10.4. The number of hydrogen-bond acceptors (Lipinski definition) is 4. The molecule has 0 spiro atoms. The quantitative estimate of drug-likeness (QED) is 0.352. The molecule has 5 nitrogen and oxygen atoms in total. The average molecular weight is 260 g/mol. The molecule has 0 fully saturated rings. The van der Waals surface area contributed by atoms with E-state index in [1.165, 1.54) is 19.1 Å². The Bertz CT molecular complexity index is 598. The average Bonchev–Trinajstić information content (AvgIpc) is 2.16. The minimum Gasteiger partial charge on any atom is -0.258 e. The predicted octanol–water partition coefficient (Wildman–Crippen LogP) is 1.89. The first-order valence-electron chi connectivity index (χ1n) is 4.01. The molecule has 0 heterocycles. The highest BCUT2D eigenvalue weighted by atomic mass is 35.7. The largest absolute Gasteiger partial charge is 0.272 e. The van der Waals surface area contributed by atoms with Crippen LogP contribution < -0.4 is 0 Å². The fraction of sp³-hybridized carbons (Fsp3) is 0.111. The van der Waals surface area contributed by atoms with E-state index in [4.69, 9.17) is 10.7 Å². The van der Waals surface area contributed by atoms with Crippen molar-refractivity contribution >= 4 is 25.4 Å². The smallest absolute Gasteiger partial charge is 0.258 e. The zero-order chi connectivity index (χ0) is 12.3. The molecule has 0 radical (unpaired) electrons. The zero-order valence-corrected chi connectivity index (χ0v) is 9.67. The summed E-state index contributed by atoms with van der Waals surface area (Å²) in [6.07, 6.45) is 0. The standard InChI is InChI=1S/C9H6ClNO4S/c1-2-3-7-4-8(11(12)13)6-9(5-7)16(10,14)15/h4-6H,1H3. The molecular weight excluding hydrogens is 254 g/mol. The van der Waals surface area contributed by atoms with Crippen LogP contribution in [-0.4, -0.2) is 13.3 Å². The number of nitrogens with zero attached hydrogens (tertiary/aromatic N) is 1. The van der Waals surface area contributed by atoms with E-state index in [-0.39, 0.29) is 16.1 Å². The van der Waals surface area contributed by atoms with Crippen molar-refractivity contribution in [1.82, 2.24) is 0 Å². The molecule has 0 unspecified atom stereocenters. The Balaban J connectivity index is 3.52. The summed E-state index contributed by atoms with van der Waals surface area (Å²) in [5, 5.41) is 10.6. The molecule has 0 aliphatic rings. The Morgan fingerprint density at radius 1 is 1.38 bits per heavy atom. The Labute approximate surface area is 96.6 Å². The lowest BCUT2D eigenvalue weighted by Crippen LogP contribution is -1.95. The summed E-state index contributed by atoms with van der Waals surface area (Å²) in [7, 11) is 1.11. The summed E-state index contributed by atoms with van der Waals surface area (Å²) >= 11 is 0. The van der Waals surface area contributed by atoms with Crippen LogP contribution in [0.15, 0.2) is 23.1 Å². The number of halogens is 1. The lowest BCUT2D eigenvalue weighted by molar-refractivity contribution is -0.385. The number of nitro benzene ring substituents is 1. The van der Waals surface area contributed by atoms with Gasteiger partial charge in [0, 0.05) is 28.4 Å². The van der Waals surface area contributed by atoms with E-state index >= 15 is 0 Å². The number of hydrogen-bond donors (Lipinski definition) is 0. The molecule has 1 aromatic carbocycles. The van der Waals surface area contributed by atoms with Crippen molar-refractivity contribution < 1.29 is 13.3 Å². The molecule has 0 aliphatic heterocycles. The molecule has 84 valence electrons. The van der Waals surface area contributed by atoms with Crippen molar-refractivity contribution in [3.63, 3.8) is 0 Å². The van der Waals surface area contributed by atoms with E-state index in [1.54, 1.807) is 0 Å². The SMILES string of the molecule is CC#Cc1cc([N+](=O)[O-])cc(S(=O)(=O)Cl)c1. The second-order valence-electron chi connectivity index (χ2n) is 2.79. The van der Waals surface area contributed by atoms with Crippen molar-refractivity contribution in [3.05, 3.63) is 33.9 Å². The van der Waals surface area contributed by atoms with Crippen LogP contribution in [-0.2, 0) is 9.05 Å². The topological polar surface area (TPSA) is 77.3 Å². The molecule has 16 heavy (non-hydrogen) atoms. The molecule has 0 aromatic heterocycles. The molecule has 0 aliphatic carbocycles. The molecule has 1 aromatic rings. The van der Waals surface area contributed by atoms with Crippen molar-refractivity contribution in [2.45, 2.75) is 11.8 Å². The third-order valence-corrected chi connectivity index (χ3v) is 2.99. The van der Waals surface area contributed by atoms with Gasteiger partial charge in [-0.05, 0) is 13.0 Å². The second kappa shape index (κ2) is 4.51. The highest BCUT2D eigenvalue weighted by molar-refractivity contribution is 8.13. The van der Waals surface area contributed by atoms with E-state index in [2.05, 4.69) is 11.8 Å². The van der Waals surface area contributed by atoms with Crippen LogP contribution in [0.4, 0.5) is 5.69 Å². The van der Waals surface area contributed by atoms with Crippen molar-refractivity contribution in [2.24, 2.45) is 0 Å². The Hall–Kier alpha value is -1.58. The Morgan fingerprint density at radius 3 is 2.44 bits per heavy atom. The monoisotopic (exact) mass is 259 g/mol. The first-order valence-corrected chi connectivity index (χ1v) is 6.32. The van der Waals surface area contributed by atoms with E-state index in [1.807, 2.05) is 0 Å². The van der Waals surface area contributed by atoms with Crippen LogP contribution >= 0.6 is 10.7 Å². The van der Waals surface area contributed by atoms with Gasteiger partial charge in [-0.15, -0.1) is 5.92 Å². The lowest BCUT2D eigenvalue weighted by atomic mass is 10.2. The Morgan fingerprint density at radius 2 is 2.00 bits per heavy atom. The first kappa shape index (κ1) is 12.5. The molecule has 0 saturated carbocycles. The molecule has 0 saturated heterocycles. The molecule has 0 atom stereocenters. The maximum absolute atomic E-state index is 11.1. The van der Waals surface area contributed by atoms with Gasteiger partial charge in [-0.3, -0.25) is 10.1 Å². The Kier molecular flexibility index (Phi) is 3.52. The third-order valence-electron chi connectivity index (χ3n) is 1.65. The summed E-state index contributed by atoms with van der Waals surface area (Å²) in [6.45, 7) is 1.54. The van der Waals surface area contributed by atoms with E-state index in [0.29, 0.717) is 0 Å². The predicted molar refractivity (Wildman–Crippen MR) is 58.7 cm³/mol. The first-order chi connectivity index (χ1) is 7.34. The van der Waals surface area contributed by atoms with E-state index in [9.17, 15) is 18.5 Å². The summed E-state index contributed by atoms with van der Waals surface area (Å²) in [6, 6.07) is 3.26. The second-order valence-corrected chi connectivity index (χ2v) is 5.35. The minimum absolute atomic E-state index is 0.232. The molecule has 1 rings (SSSR count). The van der Waals surface area contributed by atoms with Gasteiger partial charge < -0.3 is 0 Å². The van der Waals surface area contributed by atoms with Crippen LogP contribution in [0.25, 0.3) is 0 Å². The fourth-order valence-corrected chi connectivity index (χ4v) is 1.84. The van der Waals surface area contributed by atoms with Gasteiger partial charge >= 0.3 is 0 Å². The van der Waals surface area contributed by atoms with Crippen LogP contribution in [0.5, 0.6) is 0 Å². The van der Waals surface area contributed by atoms with Gasteiger partial charge in [0.15, 0.2) is 0 Å². The maximum Gasteiger partial charge on any atom is 0.272 e. The highest BCUT2D eigenvalue weighted by Crippen LogP contribution is 2.22. The minimum atomic E-state index is -4.00. The van der Waals surface area contributed by atoms with E-state index < -0.39 is 14.0 Å². The van der Waals surface area contributed by atoms with E-state index in [0.717, 1.165) is 6.07 Å². The summed E-state index contributed by atoms with van der Waals surface area (Å²) in [4.78, 5) is 9.52. The lowest BCUT2D eigenvalue weighted by Gasteiger charge is -1.98. The summed E-state index contributed by atoms with van der Waals surface area (Å²) in [5.41, 5.74) is -0.129.